The quantitative estimate of drug-likeness (QED) is 0.577. The number of pyridine rings is 1. The number of imide groups is 1. The van der Waals surface area contributed by atoms with Gasteiger partial charge in [0.05, 0.1) is 26.3 Å². The average Bonchev–Trinajstić information content (AvgIpc) is 2.72. The first kappa shape index (κ1) is 21.4. The molecule has 2 aromatic rings. The second-order valence-corrected chi connectivity index (χ2v) is 5.45. The molecule has 4 N–H and O–H groups in total. The molecule has 0 radical (unpaired) electrons. The van der Waals surface area contributed by atoms with E-state index in [1.807, 2.05) is 5.32 Å². The Labute approximate surface area is 165 Å². The van der Waals surface area contributed by atoms with Crippen LogP contribution < -0.4 is 30.0 Å². The molecule has 11 heteroatoms. The van der Waals surface area contributed by atoms with E-state index < -0.39 is 24.5 Å². The highest BCUT2D eigenvalue weighted by Gasteiger charge is 2.17. The molecule has 0 saturated carbocycles. The molecule has 0 atom stereocenters. The molecule has 1 aromatic carbocycles. The van der Waals surface area contributed by atoms with Gasteiger partial charge in [0.25, 0.3) is 5.88 Å². The van der Waals surface area contributed by atoms with Gasteiger partial charge in [-0.2, -0.15) is 0 Å². The number of hydrogen-bond donors (Lipinski definition) is 3. The molecule has 0 aliphatic heterocycles. The van der Waals surface area contributed by atoms with Gasteiger partial charge in [0.2, 0.25) is 5.91 Å². The number of carboxylic acid groups (broad SMARTS) is 1. The minimum absolute atomic E-state index is 0.0230. The van der Waals surface area contributed by atoms with Crippen molar-refractivity contribution in [2.45, 2.75) is 6.61 Å². The first-order chi connectivity index (χ1) is 13.9. The lowest BCUT2D eigenvalue weighted by Crippen LogP contribution is -2.37. The number of carbonyl (C=O) groups is 3. The fourth-order valence-electron chi connectivity index (χ4n) is 2.14. The van der Waals surface area contributed by atoms with Gasteiger partial charge in [-0.3, -0.25) is 10.1 Å². The molecule has 29 heavy (non-hydrogen) atoms. The number of nitrogens with two attached hydrogens (primary N) is 1. The molecule has 0 unspecified atom stereocenters. The van der Waals surface area contributed by atoms with Crippen LogP contribution in [0.5, 0.6) is 23.1 Å². The van der Waals surface area contributed by atoms with Gasteiger partial charge in [-0.25, -0.2) is 14.6 Å². The van der Waals surface area contributed by atoms with Crippen molar-refractivity contribution in [2.24, 2.45) is 5.73 Å². The van der Waals surface area contributed by atoms with E-state index in [1.165, 1.54) is 14.2 Å². The number of rotatable bonds is 8. The average molecular weight is 405 g/mol. The Morgan fingerprint density at radius 1 is 1.10 bits per heavy atom. The number of nitrogens with one attached hydrogen (secondary N) is 1. The van der Waals surface area contributed by atoms with Crippen molar-refractivity contribution in [1.82, 2.24) is 10.3 Å². The van der Waals surface area contributed by atoms with Gasteiger partial charge in [0.1, 0.15) is 6.61 Å². The first-order valence-corrected chi connectivity index (χ1v) is 8.16. The molecule has 0 saturated heterocycles. The fourth-order valence-corrected chi connectivity index (χ4v) is 2.14. The zero-order valence-corrected chi connectivity index (χ0v) is 15.6. The van der Waals surface area contributed by atoms with E-state index in [1.54, 1.807) is 18.2 Å². The smallest absolute Gasteiger partial charge is 0.420 e. The Kier molecular flexibility index (Phi) is 7.32. The maximum atomic E-state index is 11.7. The van der Waals surface area contributed by atoms with Gasteiger partial charge in [-0.1, -0.05) is 6.07 Å². The molecule has 0 bridgehead atoms. The third-order valence-corrected chi connectivity index (χ3v) is 3.52. The third kappa shape index (κ3) is 5.81. The number of nitrogens with zero attached hydrogens (tertiary/aromatic N) is 1. The number of ether oxygens (including phenoxy) is 4. The first-order valence-electron chi connectivity index (χ1n) is 8.16. The molecule has 2 rings (SSSR count). The van der Waals surface area contributed by atoms with Crippen LogP contribution in [0.2, 0.25) is 0 Å². The van der Waals surface area contributed by atoms with E-state index in [0.717, 1.165) is 12.3 Å². The summed E-state index contributed by atoms with van der Waals surface area (Å²) < 4.78 is 20.9. The van der Waals surface area contributed by atoms with Crippen LogP contribution in [0.1, 0.15) is 15.9 Å². The van der Waals surface area contributed by atoms with Crippen LogP contribution >= 0.6 is 0 Å². The molecule has 0 aliphatic rings. The van der Waals surface area contributed by atoms with Gasteiger partial charge >= 0.3 is 12.1 Å². The van der Waals surface area contributed by atoms with Crippen molar-refractivity contribution in [3.05, 3.63) is 41.6 Å². The molecule has 0 spiro atoms. The molecule has 2 amide bonds. The number of carbonyl (C=O) groups excluding carboxylic acids is 2. The van der Waals surface area contributed by atoms with E-state index in [2.05, 4.69) is 4.98 Å². The standard InChI is InChI=1S/C18H19N3O8/c1-26-12-4-3-10(5-13(12)27-2)9-28-14-6-11(17(23)24)8-20-16(14)29-18(25)21-15(22)7-19/h3-6,8H,7,9,19H2,1-2H3,(H,23,24)(H,21,22,25). The lowest BCUT2D eigenvalue weighted by Gasteiger charge is -2.13. The Morgan fingerprint density at radius 3 is 2.45 bits per heavy atom. The van der Waals surface area contributed by atoms with Crippen LogP contribution in [0.4, 0.5) is 4.79 Å². The van der Waals surface area contributed by atoms with Crippen molar-refractivity contribution in [2.75, 3.05) is 20.8 Å². The van der Waals surface area contributed by atoms with E-state index in [0.29, 0.717) is 17.1 Å². The number of hydrogen-bond acceptors (Lipinski definition) is 9. The maximum Gasteiger partial charge on any atom is 0.420 e. The topological polar surface area (TPSA) is 159 Å². The molecule has 1 heterocycles. The molecule has 0 fully saturated rings. The van der Waals surface area contributed by atoms with Crippen molar-refractivity contribution >= 4 is 18.0 Å². The van der Waals surface area contributed by atoms with Crippen molar-refractivity contribution < 1.29 is 38.4 Å². The van der Waals surface area contributed by atoms with Crippen molar-refractivity contribution in [3.63, 3.8) is 0 Å². The SMILES string of the molecule is COc1ccc(COc2cc(C(=O)O)cnc2OC(=O)NC(=O)CN)cc1OC. The summed E-state index contributed by atoms with van der Waals surface area (Å²) in [4.78, 5) is 37.9. The lowest BCUT2D eigenvalue weighted by atomic mass is 10.2. The molecule has 0 aliphatic carbocycles. The molecular weight excluding hydrogens is 386 g/mol. The number of benzene rings is 1. The molecule has 11 nitrogen and oxygen atoms in total. The zero-order chi connectivity index (χ0) is 21.4. The monoisotopic (exact) mass is 405 g/mol. The van der Waals surface area contributed by atoms with Crippen LogP contribution in [-0.4, -0.2) is 48.8 Å². The summed E-state index contributed by atoms with van der Waals surface area (Å²) >= 11 is 0. The predicted molar refractivity (Wildman–Crippen MR) is 98.3 cm³/mol. The van der Waals surface area contributed by atoms with Gasteiger partial charge < -0.3 is 29.8 Å². The van der Waals surface area contributed by atoms with Crippen LogP contribution in [0.25, 0.3) is 0 Å². The minimum atomic E-state index is -1.25. The number of aromatic carboxylic acids is 1. The second-order valence-electron chi connectivity index (χ2n) is 5.45. The van der Waals surface area contributed by atoms with E-state index >= 15 is 0 Å². The van der Waals surface area contributed by atoms with E-state index in [9.17, 15) is 14.4 Å². The van der Waals surface area contributed by atoms with Gasteiger partial charge in [0.15, 0.2) is 17.2 Å². The summed E-state index contributed by atoms with van der Waals surface area (Å²) in [5.74, 6) is -1.45. The third-order valence-electron chi connectivity index (χ3n) is 3.52. The Bertz CT molecular complexity index is 916. The van der Waals surface area contributed by atoms with Crippen LogP contribution in [0, 0.1) is 0 Å². The minimum Gasteiger partial charge on any atom is -0.493 e. The van der Waals surface area contributed by atoms with Gasteiger partial charge in [0, 0.05) is 12.3 Å². The summed E-state index contributed by atoms with van der Waals surface area (Å²) in [5.41, 5.74) is 5.59. The van der Waals surface area contributed by atoms with E-state index in [-0.39, 0.29) is 23.8 Å². The second kappa shape index (κ2) is 9.90. The molecular formula is C18H19N3O8. The molecule has 1 aromatic heterocycles. The number of aromatic nitrogens is 1. The predicted octanol–water partition coefficient (Wildman–Crippen LogP) is 0.950. The number of carboxylic acids is 1. The zero-order valence-electron chi connectivity index (χ0n) is 15.6. The Morgan fingerprint density at radius 2 is 1.83 bits per heavy atom. The highest BCUT2D eigenvalue weighted by atomic mass is 16.6. The summed E-state index contributed by atoms with van der Waals surface area (Å²) in [5, 5.41) is 11.0. The largest absolute Gasteiger partial charge is 0.493 e. The summed E-state index contributed by atoms with van der Waals surface area (Å²) in [6, 6.07) is 6.19. The maximum absolute atomic E-state index is 11.7. The lowest BCUT2D eigenvalue weighted by molar-refractivity contribution is -0.118. The van der Waals surface area contributed by atoms with Crippen molar-refractivity contribution in [3.8, 4) is 23.1 Å². The van der Waals surface area contributed by atoms with E-state index in [4.69, 9.17) is 29.8 Å². The summed E-state index contributed by atoms with van der Waals surface area (Å²) in [6.45, 7) is -0.437. The Hall–Kier alpha value is -3.86. The molecule has 154 valence electrons. The highest BCUT2D eigenvalue weighted by molar-refractivity contribution is 5.93. The normalized spacial score (nSPS) is 10.0. The fraction of sp³-hybridized carbons (Fsp3) is 0.222. The van der Waals surface area contributed by atoms with Gasteiger partial charge in [-0.15, -0.1) is 0 Å². The van der Waals surface area contributed by atoms with Crippen LogP contribution in [0.15, 0.2) is 30.5 Å². The van der Waals surface area contributed by atoms with Crippen LogP contribution in [0.3, 0.4) is 0 Å². The number of methoxy groups -OCH3 is 2. The summed E-state index contributed by atoms with van der Waals surface area (Å²) in [6.07, 6.45) is -0.147. The van der Waals surface area contributed by atoms with Crippen molar-refractivity contribution in [1.29, 1.82) is 0 Å². The summed E-state index contributed by atoms with van der Waals surface area (Å²) in [7, 11) is 2.98. The van der Waals surface area contributed by atoms with Gasteiger partial charge in [-0.05, 0) is 17.7 Å². The van der Waals surface area contributed by atoms with Crippen LogP contribution in [-0.2, 0) is 11.4 Å². The highest BCUT2D eigenvalue weighted by Crippen LogP contribution is 2.30. The number of amides is 2. The Balaban J connectivity index is 2.22.